The quantitative estimate of drug-likeness (QED) is 0.689. The third kappa shape index (κ3) is 5.64. The molecule has 78 valence electrons. The predicted octanol–water partition coefficient (Wildman–Crippen LogP) is 1.83. The summed E-state index contributed by atoms with van der Waals surface area (Å²) in [6, 6.07) is 0.542. The number of carboxylic acid groups (broad SMARTS) is 1. The van der Waals surface area contributed by atoms with E-state index in [0.29, 0.717) is 6.04 Å². The molecule has 13 heavy (non-hydrogen) atoms. The number of aliphatic carboxylic acids is 1. The van der Waals surface area contributed by atoms with E-state index in [4.69, 9.17) is 5.11 Å². The van der Waals surface area contributed by atoms with Crippen LogP contribution in [0.4, 0.5) is 0 Å². The van der Waals surface area contributed by atoms with E-state index < -0.39 is 5.97 Å². The highest BCUT2D eigenvalue weighted by Gasteiger charge is 2.10. The van der Waals surface area contributed by atoms with Gasteiger partial charge in [-0.15, -0.1) is 0 Å². The van der Waals surface area contributed by atoms with Crippen LogP contribution in [0.15, 0.2) is 0 Å². The van der Waals surface area contributed by atoms with E-state index in [2.05, 4.69) is 25.8 Å². The molecule has 3 nitrogen and oxygen atoms in total. The molecule has 0 amide bonds. The van der Waals surface area contributed by atoms with Crippen molar-refractivity contribution in [2.24, 2.45) is 5.92 Å². The van der Waals surface area contributed by atoms with Crippen LogP contribution >= 0.6 is 0 Å². The van der Waals surface area contributed by atoms with E-state index >= 15 is 0 Å². The van der Waals surface area contributed by atoms with E-state index in [-0.39, 0.29) is 5.92 Å². The number of carboxylic acids is 1. The maximum Gasteiger partial charge on any atom is 0.306 e. The van der Waals surface area contributed by atoms with Crippen LogP contribution in [0.3, 0.4) is 0 Å². The van der Waals surface area contributed by atoms with Crippen LogP contribution < -0.4 is 0 Å². The Morgan fingerprint density at radius 2 is 1.92 bits per heavy atom. The van der Waals surface area contributed by atoms with Crippen molar-refractivity contribution in [1.82, 2.24) is 4.90 Å². The predicted molar refractivity (Wildman–Crippen MR) is 53.8 cm³/mol. The molecule has 0 saturated carbocycles. The third-order valence-corrected chi connectivity index (χ3v) is 2.45. The summed E-state index contributed by atoms with van der Waals surface area (Å²) >= 11 is 0. The Bertz CT molecular complexity index is 157. The summed E-state index contributed by atoms with van der Waals surface area (Å²) in [5.74, 6) is -0.896. The second-order valence-electron chi connectivity index (χ2n) is 3.96. The monoisotopic (exact) mass is 187 g/mol. The fourth-order valence-corrected chi connectivity index (χ4v) is 1.03. The van der Waals surface area contributed by atoms with Gasteiger partial charge in [0.05, 0.1) is 5.92 Å². The SMILES string of the molecule is CC(CCCN(C)C(C)C)C(=O)O. The molecule has 0 aromatic heterocycles. The Hall–Kier alpha value is -0.570. The summed E-state index contributed by atoms with van der Waals surface area (Å²) in [6.07, 6.45) is 1.73. The van der Waals surface area contributed by atoms with Gasteiger partial charge >= 0.3 is 5.97 Å². The maximum atomic E-state index is 10.5. The second-order valence-corrected chi connectivity index (χ2v) is 3.96. The number of hydrogen-bond donors (Lipinski definition) is 1. The highest BCUT2D eigenvalue weighted by atomic mass is 16.4. The van der Waals surface area contributed by atoms with Crippen molar-refractivity contribution in [2.45, 2.75) is 39.7 Å². The van der Waals surface area contributed by atoms with Crippen molar-refractivity contribution < 1.29 is 9.90 Å². The zero-order valence-corrected chi connectivity index (χ0v) is 9.08. The molecule has 0 fully saturated rings. The molecule has 0 spiro atoms. The number of nitrogens with zero attached hydrogens (tertiary/aromatic N) is 1. The first-order chi connectivity index (χ1) is 5.95. The molecule has 1 N–H and O–H groups in total. The number of rotatable bonds is 6. The molecule has 0 aromatic rings. The van der Waals surface area contributed by atoms with Crippen LogP contribution in [0.1, 0.15) is 33.6 Å². The Balaban J connectivity index is 3.50. The van der Waals surface area contributed by atoms with Crippen LogP contribution in [-0.4, -0.2) is 35.6 Å². The Labute approximate surface area is 80.7 Å². The smallest absolute Gasteiger partial charge is 0.306 e. The fourth-order valence-electron chi connectivity index (χ4n) is 1.03. The van der Waals surface area contributed by atoms with Crippen LogP contribution in [-0.2, 0) is 4.79 Å². The average molecular weight is 187 g/mol. The van der Waals surface area contributed by atoms with Gasteiger partial charge in [0.2, 0.25) is 0 Å². The van der Waals surface area contributed by atoms with Crippen LogP contribution in [0.25, 0.3) is 0 Å². The molecular formula is C10H21NO2. The van der Waals surface area contributed by atoms with Gasteiger partial charge in [0.15, 0.2) is 0 Å². The summed E-state index contributed by atoms with van der Waals surface area (Å²) in [6.45, 7) is 7.02. The molecule has 0 heterocycles. The molecule has 0 aromatic carbocycles. The molecule has 1 atom stereocenters. The summed E-state index contributed by atoms with van der Waals surface area (Å²) in [4.78, 5) is 12.7. The average Bonchev–Trinajstić information content (AvgIpc) is 2.03. The minimum Gasteiger partial charge on any atom is -0.481 e. The standard InChI is InChI=1S/C10H21NO2/c1-8(2)11(4)7-5-6-9(3)10(12)13/h8-9H,5-7H2,1-4H3,(H,12,13). The van der Waals surface area contributed by atoms with Gasteiger partial charge < -0.3 is 10.0 Å². The molecule has 0 aliphatic heterocycles. The highest BCUT2D eigenvalue weighted by Crippen LogP contribution is 2.06. The van der Waals surface area contributed by atoms with Crippen molar-refractivity contribution in [1.29, 1.82) is 0 Å². The molecule has 1 unspecified atom stereocenters. The van der Waals surface area contributed by atoms with E-state index in [1.165, 1.54) is 0 Å². The van der Waals surface area contributed by atoms with E-state index in [1.54, 1.807) is 6.92 Å². The molecule has 0 radical (unpaired) electrons. The number of hydrogen-bond acceptors (Lipinski definition) is 2. The van der Waals surface area contributed by atoms with Gasteiger partial charge in [-0.1, -0.05) is 6.92 Å². The van der Waals surface area contributed by atoms with Gasteiger partial charge in [0.25, 0.3) is 0 Å². The minimum absolute atomic E-state index is 0.208. The molecular weight excluding hydrogens is 166 g/mol. The lowest BCUT2D eigenvalue weighted by Gasteiger charge is -2.21. The van der Waals surface area contributed by atoms with E-state index in [1.807, 2.05) is 0 Å². The Morgan fingerprint density at radius 3 is 2.31 bits per heavy atom. The molecule has 0 bridgehead atoms. The second kappa shape index (κ2) is 5.97. The normalized spacial score (nSPS) is 13.7. The van der Waals surface area contributed by atoms with Crippen LogP contribution in [0, 0.1) is 5.92 Å². The van der Waals surface area contributed by atoms with Gasteiger partial charge in [0.1, 0.15) is 0 Å². The van der Waals surface area contributed by atoms with Crippen molar-refractivity contribution in [3.63, 3.8) is 0 Å². The Morgan fingerprint density at radius 1 is 1.38 bits per heavy atom. The van der Waals surface area contributed by atoms with Gasteiger partial charge in [-0.25, -0.2) is 0 Å². The molecule has 0 aliphatic rings. The summed E-state index contributed by atoms with van der Waals surface area (Å²) in [7, 11) is 2.07. The molecule has 0 aliphatic carbocycles. The Kier molecular flexibility index (Phi) is 5.71. The summed E-state index contributed by atoms with van der Waals surface area (Å²) < 4.78 is 0. The molecule has 0 saturated heterocycles. The van der Waals surface area contributed by atoms with Gasteiger partial charge in [0, 0.05) is 6.04 Å². The lowest BCUT2D eigenvalue weighted by Crippen LogP contribution is -2.27. The van der Waals surface area contributed by atoms with Crippen LogP contribution in [0.5, 0.6) is 0 Å². The van der Waals surface area contributed by atoms with Gasteiger partial charge in [-0.05, 0) is 40.3 Å². The van der Waals surface area contributed by atoms with Crippen molar-refractivity contribution in [3.05, 3.63) is 0 Å². The zero-order valence-electron chi connectivity index (χ0n) is 9.08. The first kappa shape index (κ1) is 12.4. The largest absolute Gasteiger partial charge is 0.481 e. The molecule has 3 heteroatoms. The molecule has 0 rings (SSSR count). The minimum atomic E-state index is -0.688. The zero-order chi connectivity index (χ0) is 10.4. The maximum absolute atomic E-state index is 10.5. The van der Waals surface area contributed by atoms with Crippen molar-refractivity contribution in [3.8, 4) is 0 Å². The summed E-state index contributed by atoms with van der Waals surface area (Å²) in [5, 5.41) is 8.64. The highest BCUT2D eigenvalue weighted by molar-refractivity contribution is 5.69. The van der Waals surface area contributed by atoms with E-state index in [9.17, 15) is 4.79 Å². The first-order valence-electron chi connectivity index (χ1n) is 4.88. The van der Waals surface area contributed by atoms with E-state index in [0.717, 1.165) is 19.4 Å². The summed E-state index contributed by atoms with van der Waals surface area (Å²) in [5.41, 5.74) is 0. The van der Waals surface area contributed by atoms with Crippen molar-refractivity contribution in [2.75, 3.05) is 13.6 Å². The van der Waals surface area contributed by atoms with Crippen molar-refractivity contribution >= 4 is 5.97 Å². The van der Waals surface area contributed by atoms with Gasteiger partial charge in [-0.3, -0.25) is 4.79 Å². The lowest BCUT2D eigenvalue weighted by atomic mass is 10.1. The number of carbonyl (C=O) groups is 1. The van der Waals surface area contributed by atoms with Gasteiger partial charge in [-0.2, -0.15) is 0 Å². The fraction of sp³-hybridized carbons (Fsp3) is 0.900. The lowest BCUT2D eigenvalue weighted by molar-refractivity contribution is -0.141. The third-order valence-electron chi connectivity index (χ3n) is 2.45. The van der Waals surface area contributed by atoms with Crippen LogP contribution in [0.2, 0.25) is 0 Å². The topological polar surface area (TPSA) is 40.5 Å². The first-order valence-corrected chi connectivity index (χ1v) is 4.88.